The average molecular weight is 330 g/mol. The zero-order valence-corrected chi connectivity index (χ0v) is 12.9. The van der Waals surface area contributed by atoms with E-state index in [4.69, 9.17) is 9.47 Å². The van der Waals surface area contributed by atoms with Crippen molar-refractivity contribution in [2.75, 3.05) is 12.4 Å². The maximum atomic E-state index is 12.4. The van der Waals surface area contributed by atoms with Crippen molar-refractivity contribution in [3.63, 3.8) is 0 Å². The number of hydrogen-bond donors (Lipinski definition) is 1. The molecule has 0 saturated heterocycles. The van der Waals surface area contributed by atoms with Crippen LogP contribution in [0.1, 0.15) is 17.3 Å². The van der Waals surface area contributed by atoms with E-state index in [-0.39, 0.29) is 22.7 Å². The lowest BCUT2D eigenvalue weighted by Gasteiger charge is -2.10. The van der Waals surface area contributed by atoms with Gasteiger partial charge < -0.3 is 14.8 Å². The fourth-order valence-electron chi connectivity index (χ4n) is 1.98. The van der Waals surface area contributed by atoms with Gasteiger partial charge in [-0.2, -0.15) is 0 Å². The number of esters is 1. The van der Waals surface area contributed by atoms with E-state index in [0.717, 1.165) is 0 Å². The van der Waals surface area contributed by atoms with E-state index in [9.17, 15) is 19.7 Å². The van der Waals surface area contributed by atoms with Gasteiger partial charge in [-0.1, -0.05) is 12.1 Å². The molecule has 0 atom stereocenters. The van der Waals surface area contributed by atoms with E-state index in [2.05, 4.69) is 5.32 Å². The summed E-state index contributed by atoms with van der Waals surface area (Å²) in [5, 5.41) is 13.6. The number of nitrogens with zero attached hydrogens (tertiary/aromatic N) is 1. The van der Waals surface area contributed by atoms with Crippen LogP contribution in [0, 0.1) is 10.1 Å². The summed E-state index contributed by atoms with van der Waals surface area (Å²) in [7, 11) is 1.38. The van der Waals surface area contributed by atoms with Crippen LogP contribution < -0.4 is 14.8 Å². The predicted molar refractivity (Wildman–Crippen MR) is 85.4 cm³/mol. The summed E-state index contributed by atoms with van der Waals surface area (Å²) in [6.07, 6.45) is 0. The molecule has 0 aliphatic carbocycles. The number of ether oxygens (including phenoxy) is 2. The standard InChI is InChI=1S/C16H14N2O6/c1-10(19)24-15-6-4-3-5-12(15)16(20)17-13-8-7-11(23-2)9-14(13)18(21)22/h3-9H,1-2H3,(H,17,20). The highest BCUT2D eigenvalue weighted by Crippen LogP contribution is 2.30. The van der Waals surface area contributed by atoms with Gasteiger partial charge in [0, 0.05) is 6.92 Å². The number of para-hydroxylation sites is 1. The minimum absolute atomic E-state index is 0.00317. The summed E-state index contributed by atoms with van der Waals surface area (Å²) in [6.45, 7) is 1.21. The second-order valence-corrected chi connectivity index (χ2v) is 4.68. The lowest BCUT2D eigenvalue weighted by molar-refractivity contribution is -0.384. The van der Waals surface area contributed by atoms with Gasteiger partial charge in [-0.3, -0.25) is 19.7 Å². The lowest BCUT2D eigenvalue weighted by Crippen LogP contribution is -2.15. The number of anilines is 1. The third-order valence-electron chi connectivity index (χ3n) is 3.04. The van der Waals surface area contributed by atoms with Crippen molar-refractivity contribution in [1.82, 2.24) is 0 Å². The van der Waals surface area contributed by atoms with Gasteiger partial charge in [0.2, 0.25) is 0 Å². The van der Waals surface area contributed by atoms with Crippen LogP contribution in [0.3, 0.4) is 0 Å². The molecule has 0 heterocycles. The molecule has 8 nitrogen and oxygen atoms in total. The molecule has 0 unspecified atom stereocenters. The van der Waals surface area contributed by atoms with Crippen LogP contribution in [0.5, 0.6) is 11.5 Å². The molecule has 2 aromatic rings. The number of nitrogens with one attached hydrogen (secondary N) is 1. The van der Waals surface area contributed by atoms with Crippen molar-refractivity contribution >= 4 is 23.3 Å². The summed E-state index contributed by atoms with van der Waals surface area (Å²) in [6, 6.07) is 10.1. The summed E-state index contributed by atoms with van der Waals surface area (Å²) >= 11 is 0. The smallest absolute Gasteiger partial charge is 0.308 e. The van der Waals surface area contributed by atoms with Crippen molar-refractivity contribution in [3.8, 4) is 11.5 Å². The van der Waals surface area contributed by atoms with Crippen LogP contribution in [0.4, 0.5) is 11.4 Å². The van der Waals surface area contributed by atoms with Gasteiger partial charge in [-0.05, 0) is 24.3 Å². The summed E-state index contributed by atoms with van der Waals surface area (Å²) < 4.78 is 9.90. The Hall–Kier alpha value is -3.42. The summed E-state index contributed by atoms with van der Waals surface area (Å²) in [5.74, 6) is -0.857. The summed E-state index contributed by atoms with van der Waals surface area (Å²) in [5.41, 5.74) is -0.228. The minimum Gasteiger partial charge on any atom is -0.496 e. The van der Waals surface area contributed by atoms with Crippen LogP contribution in [-0.4, -0.2) is 23.9 Å². The van der Waals surface area contributed by atoms with Gasteiger partial charge in [0.15, 0.2) is 0 Å². The van der Waals surface area contributed by atoms with Gasteiger partial charge in [0.1, 0.15) is 17.2 Å². The molecule has 0 fully saturated rings. The fourth-order valence-corrected chi connectivity index (χ4v) is 1.98. The van der Waals surface area contributed by atoms with Crippen molar-refractivity contribution in [1.29, 1.82) is 0 Å². The number of nitro benzene ring substituents is 1. The second kappa shape index (κ2) is 7.23. The first-order valence-corrected chi connectivity index (χ1v) is 6.83. The van der Waals surface area contributed by atoms with Gasteiger partial charge in [0.25, 0.3) is 11.6 Å². The SMILES string of the molecule is COc1ccc(NC(=O)c2ccccc2OC(C)=O)c([N+](=O)[O-])c1. The Morgan fingerprint density at radius 3 is 2.50 bits per heavy atom. The second-order valence-electron chi connectivity index (χ2n) is 4.68. The molecule has 0 radical (unpaired) electrons. The first-order valence-electron chi connectivity index (χ1n) is 6.83. The number of benzene rings is 2. The molecule has 8 heteroatoms. The number of rotatable bonds is 5. The highest BCUT2D eigenvalue weighted by Gasteiger charge is 2.20. The topological polar surface area (TPSA) is 108 Å². The zero-order valence-electron chi connectivity index (χ0n) is 12.9. The van der Waals surface area contributed by atoms with Crippen LogP contribution >= 0.6 is 0 Å². The van der Waals surface area contributed by atoms with Crippen molar-refractivity contribution < 1.29 is 24.0 Å². The lowest BCUT2D eigenvalue weighted by atomic mass is 10.1. The number of carbonyl (C=O) groups excluding carboxylic acids is 2. The van der Waals surface area contributed by atoms with Gasteiger partial charge >= 0.3 is 5.97 Å². The highest BCUT2D eigenvalue weighted by molar-refractivity contribution is 6.07. The summed E-state index contributed by atoms with van der Waals surface area (Å²) in [4.78, 5) is 34.0. The molecular formula is C16H14N2O6. The predicted octanol–water partition coefficient (Wildman–Crippen LogP) is 2.78. The molecule has 0 aromatic heterocycles. The molecule has 124 valence electrons. The average Bonchev–Trinajstić information content (AvgIpc) is 2.54. The quantitative estimate of drug-likeness (QED) is 0.391. The van der Waals surface area contributed by atoms with Crippen LogP contribution in [0.25, 0.3) is 0 Å². The Kier molecular flexibility index (Phi) is 5.10. The van der Waals surface area contributed by atoms with E-state index in [1.54, 1.807) is 12.1 Å². The Labute approximate surface area is 137 Å². The maximum absolute atomic E-state index is 12.4. The first-order chi connectivity index (χ1) is 11.4. The first kappa shape index (κ1) is 16.9. The van der Waals surface area contributed by atoms with E-state index < -0.39 is 16.8 Å². The number of methoxy groups -OCH3 is 1. The molecule has 0 aliphatic heterocycles. The Balaban J connectivity index is 2.34. The third-order valence-corrected chi connectivity index (χ3v) is 3.04. The molecule has 0 aliphatic rings. The molecule has 2 aromatic carbocycles. The molecule has 0 spiro atoms. The van der Waals surface area contributed by atoms with Crippen molar-refractivity contribution in [2.24, 2.45) is 0 Å². The number of amides is 1. The van der Waals surface area contributed by atoms with E-state index >= 15 is 0 Å². The number of hydrogen-bond acceptors (Lipinski definition) is 6. The normalized spacial score (nSPS) is 9.92. The Morgan fingerprint density at radius 1 is 1.17 bits per heavy atom. The molecule has 1 N–H and O–H groups in total. The van der Waals surface area contributed by atoms with Crippen LogP contribution in [0.2, 0.25) is 0 Å². The van der Waals surface area contributed by atoms with Gasteiger partial charge in [0.05, 0.1) is 23.7 Å². The number of carbonyl (C=O) groups is 2. The van der Waals surface area contributed by atoms with Gasteiger partial charge in [-0.15, -0.1) is 0 Å². The third kappa shape index (κ3) is 3.86. The Bertz CT molecular complexity index is 803. The zero-order chi connectivity index (χ0) is 17.7. The van der Waals surface area contributed by atoms with E-state index in [1.807, 2.05) is 0 Å². The number of nitro groups is 1. The largest absolute Gasteiger partial charge is 0.496 e. The molecule has 1 amide bonds. The Morgan fingerprint density at radius 2 is 1.88 bits per heavy atom. The van der Waals surface area contributed by atoms with Crippen LogP contribution in [0.15, 0.2) is 42.5 Å². The van der Waals surface area contributed by atoms with Crippen molar-refractivity contribution in [2.45, 2.75) is 6.92 Å². The fraction of sp³-hybridized carbons (Fsp3) is 0.125. The molecule has 24 heavy (non-hydrogen) atoms. The van der Waals surface area contributed by atoms with E-state index in [0.29, 0.717) is 5.75 Å². The minimum atomic E-state index is -0.639. The molecule has 0 saturated carbocycles. The van der Waals surface area contributed by atoms with Crippen molar-refractivity contribution in [3.05, 3.63) is 58.1 Å². The maximum Gasteiger partial charge on any atom is 0.308 e. The molecule has 2 rings (SSSR count). The van der Waals surface area contributed by atoms with Crippen LogP contribution in [-0.2, 0) is 4.79 Å². The molecular weight excluding hydrogens is 316 g/mol. The highest BCUT2D eigenvalue weighted by atomic mass is 16.6. The monoisotopic (exact) mass is 330 g/mol. The molecule has 0 bridgehead atoms. The van der Waals surface area contributed by atoms with E-state index in [1.165, 1.54) is 44.4 Å². The van der Waals surface area contributed by atoms with Gasteiger partial charge in [-0.25, -0.2) is 0 Å².